The molecular weight excluding hydrogens is 334 g/mol. The number of hydrogen-bond acceptors (Lipinski definition) is 4. The number of fused-ring (bicyclic) bond motifs is 1. The van der Waals surface area contributed by atoms with Gasteiger partial charge in [0.1, 0.15) is 5.00 Å². The molecule has 0 unspecified atom stereocenters. The van der Waals surface area contributed by atoms with Crippen molar-refractivity contribution in [3.63, 3.8) is 0 Å². The highest BCUT2D eigenvalue weighted by Gasteiger charge is 2.28. The molecule has 1 saturated carbocycles. The number of thiophene rings is 1. The Bertz CT molecular complexity index is 797. The average molecular weight is 355 g/mol. The zero-order chi connectivity index (χ0) is 17.2. The van der Waals surface area contributed by atoms with E-state index in [1.54, 1.807) is 29.7 Å². The summed E-state index contributed by atoms with van der Waals surface area (Å²) in [7, 11) is 0. The maximum atomic E-state index is 12.8. The van der Waals surface area contributed by atoms with E-state index in [-0.39, 0.29) is 11.8 Å². The van der Waals surface area contributed by atoms with Crippen LogP contribution in [0.5, 0.6) is 0 Å². The summed E-state index contributed by atoms with van der Waals surface area (Å²) in [6, 6.07) is 3.46. The van der Waals surface area contributed by atoms with Crippen molar-refractivity contribution in [1.82, 2.24) is 10.3 Å². The first-order valence-corrected chi connectivity index (χ1v) is 9.68. The fourth-order valence-corrected chi connectivity index (χ4v) is 4.50. The molecule has 0 bridgehead atoms. The first-order chi connectivity index (χ1) is 12.2. The summed E-state index contributed by atoms with van der Waals surface area (Å²) in [5.41, 5.74) is 2.31. The molecule has 0 atom stereocenters. The number of carbonyl (C=O) groups excluding carboxylic acids is 2. The van der Waals surface area contributed by atoms with E-state index in [4.69, 9.17) is 0 Å². The molecule has 2 aromatic heterocycles. The van der Waals surface area contributed by atoms with Gasteiger partial charge in [0, 0.05) is 23.8 Å². The number of amides is 2. The Hall–Kier alpha value is -2.21. The molecule has 0 aliphatic heterocycles. The second-order valence-electron chi connectivity index (χ2n) is 6.76. The Kier molecular flexibility index (Phi) is 4.53. The fraction of sp³-hybridized carbons (Fsp3) is 0.421. The molecule has 4 rings (SSSR count). The van der Waals surface area contributed by atoms with Gasteiger partial charge in [-0.2, -0.15) is 0 Å². The van der Waals surface area contributed by atoms with Crippen LogP contribution < -0.4 is 10.6 Å². The Morgan fingerprint density at radius 3 is 2.80 bits per heavy atom. The van der Waals surface area contributed by atoms with Crippen LogP contribution in [0, 0.1) is 5.92 Å². The van der Waals surface area contributed by atoms with Crippen LogP contribution >= 0.6 is 11.3 Å². The smallest absolute Gasteiger partial charge is 0.257 e. The van der Waals surface area contributed by atoms with Gasteiger partial charge >= 0.3 is 0 Å². The Morgan fingerprint density at radius 2 is 2.04 bits per heavy atom. The summed E-state index contributed by atoms with van der Waals surface area (Å²) in [6.45, 7) is 0.736. The molecule has 2 N–H and O–H groups in total. The number of rotatable bonds is 5. The lowest BCUT2D eigenvalue weighted by Crippen LogP contribution is -2.27. The highest BCUT2D eigenvalue weighted by Crippen LogP contribution is 2.38. The third kappa shape index (κ3) is 3.58. The standard InChI is InChI=1S/C19H21N3O2S/c23-17(13-4-3-9-20-11-13)22-19-16(18(24)21-10-12-7-8-12)14-5-1-2-6-15(14)25-19/h3-4,9,11-12H,1-2,5-8,10H2,(H,21,24)(H,22,23). The molecule has 5 nitrogen and oxygen atoms in total. The van der Waals surface area contributed by atoms with Gasteiger partial charge < -0.3 is 10.6 Å². The highest BCUT2D eigenvalue weighted by atomic mass is 32.1. The lowest BCUT2D eigenvalue weighted by molar-refractivity contribution is 0.0952. The lowest BCUT2D eigenvalue weighted by Gasteiger charge is -2.13. The van der Waals surface area contributed by atoms with E-state index in [1.807, 2.05) is 0 Å². The van der Waals surface area contributed by atoms with Crippen LogP contribution in [0.2, 0.25) is 0 Å². The molecule has 0 radical (unpaired) electrons. The molecular formula is C19H21N3O2S. The van der Waals surface area contributed by atoms with Crippen LogP contribution in [0.4, 0.5) is 5.00 Å². The summed E-state index contributed by atoms with van der Waals surface area (Å²) in [5, 5.41) is 6.68. The predicted molar refractivity (Wildman–Crippen MR) is 98.2 cm³/mol. The van der Waals surface area contributed by atoms with Gasteiger partial charge in [-0.05, 0) is 62.1 Å². The van der Waals surface area contributed by atoms with Crippen molar-refractivity contribution in [3.05, 3.63) is 46.1 Å². The Labute approximate surface area is 150 Å². The molecule has 0 spiro atoms. The maximum Gasteiger partial charge on any atom is 0.257 e. The molecule has 6 heteroatoms. The SMILES string of the molecule is O=C(Nc1sc2c(c1C(=O)NCC1CC1)CCCC2)c1cccnc1. The fourth-order valence-electron chi connectivity index (χ4n) is 3.21. The van der Waals surface area contributed by atoms with Crippen molar-refractivity contribution < 1.29 is 9.59 Å². The van der Waals surface area contributed by atoms with Gasteiger partial charge in [0.05, 0.1) is 11.1 Å². The quantitative estimate of drug-likeness (QED) is 0.863. The van der Waals surface area contributed by atoms with Crippen molar-refractivity contribution in [2.45, 2.75) is 38.5 Å². The molecule has 0 aromatic carbocycles. The van der Waals surface area contributed by atoms with E-state index in [0.29, 0.717) is 22.0 Å². The monoisotopic (exact) mass is 355 g/mol. The summed E-state index contributed by atoms with van der Waals surface area (Å²) in [6.07, 6.45) is 9.73. The van der Waals surface area contributed by atoms with E-state index in [2.05, 4.69) is 15.6 Å². The second-order valence-corrected chi connectivity index (χ2v) is 7.87. The molecule has 2 heterocycles. The Morgan fingerprint density at radius 1 is 1.20 bits per heavy atom. The van der Waals surface area contributed by atoms with Gasteiger partial charge in [-0.25, -0.2) is 0 Å². The zero-order valence-corrected chi connectivity index (χ0v) is 14.8. The third-order valence-corrected chi connectivity index (χ3v) is 6.00. The lowest BCUT2D eigenvalue weighted by atomic mass is 9.95. The molecule has 2 aliphatic carbocycles. The van der Waals surface area contributed by atoms with Crippen molar-refractivity contribution in [2.75, 3.05) is 11.9 Å². The summed E-state index contributed by atoms with van der Waals surface area (Å²) >= 11 is 1.55. The highest BCUT2D eigenvalue weighted by molar-refractivity contribution is 7.17. The number of anilines is 1. The van der Waals surface area contributed by atoms with E-state index >= 15 is 0 Å². The van der Waals surface area contributed by atoms with Gasteiger partial charge in [0.2, 0.25) is 0 Å². The molecule has 2 aromatic rings. The van der Waals surface area contributed by atoms with E-state index in [1.165, 1.54) is 23.9 Å². The predicted octanol–water partition coefficient (Wildman–Crippen LogP) is 3.41. The minimum absolute atomic E-state index is 0.0483. The average Bonchev–Trinajstić information content (AvgIpc) is 3.40. The van der Waals surface area contributed by atoms with E-state index in [0.717, 1.165) is 37.8 Å². The molecule has 130 valence electrons. The minimum Gasteiger partial charge on any atom is -0.352 e. The van der Waals surface area contributed by atoms with Crippen molar-refractivity contribution in [3.8, 4) is 0 Å². The van der Waals surface area contributed by atoms with Gasteiger partial charge in [0.25, 0.3) is 11.8 Å². The largest absolute Gasteiger partial charge is 0.352 e. The van der Waals surface area contributed by atoms with Gasteiger partial charge in [-0.3, -0.25) is 14.6 Å². The number of pyridine rings is 1. The molecule has 2 amide bonds. The normalized spacial score (nSPS) is 16.2. The van der Waals surface area contributed by atoms with Gasteiger partial charge in [-0.15, -0.1) is 11.3 Å². The first-order valence-electron chi connectivity index (χ1n) is 8.86. The van der Waals surface area contributed by atoms with Crippen LogP contribution in [0.3, 0.4) is 0 Å². The maximum absolute atomic E-state index is 12.8. The van der Waals surface area contributed by atoms with E-state index in [9.17, 15) is 9.59 Å². The molecule has 25 heavy (non-hydrogen) atoms. The van der Waals surface area contributed by atoms with Gasteiger partial charge in [0.15, 0.2) is 0 Å². The first kappa shape index (κ1) is 16.3. The number of aryl methyl sites for hydroxylation is 1. The van der Waals surface area contributed by atoms with Crippen molar-refractivity contribution in [1.29, 1.82) is 0 Å². The van der Waals surface area contributed by atoms with Crippen LogP contribution in [0.15, 0.2) is 24.5 Å². The third-order valence-electron chi connectivity index (χ3n) is 4.80. The zero-order valence-electron chi connectivity index (χ0n) is 14.0. The second kappa shape index (κ2) is 6.96. The molecule has 1 fully saturated rings. The van der Waals surface area contributed by atoms with Gasteiger partial charge in [-0.1, -0.05) is 0 Å². The van der Waals surface area contributed by atoms with Crippen molar-refractivity contribution in [2.24, 2.45) is 5.92 Å². The van der Waals surface area contributed by atoms with Crippen molar-refractivity contribution >= 4 is 28.2 Å². The number of nitrogens with zero attached hydrogens (tertiary/aromatic N) is 1. The minimum atomic E-state index is -0.220. The number of hydrogen-bond donors (Lipinski definition) is 2. The molecule has 2 aliphatic rings. The number of aromatic nitrogens is 1. The summed E-state index contributed by atoms with van der Waals surface area (Å²) < 4.78 is 0. The van der Waals surface area contributed by atoms with Crippen LogP contribution in [0.25, 0.3) is 0 Å². The molecule has 0 saturated heterocycles. The topological polar surface area (TPSA) is 71.1 Å². The number of nitrogens with one attached hydrogen (secondary N) is 2. The van der Waals surface area contributed by atoms with E-state index < -0.39 is 0 Å². The summed E-state index contributed by atoms with van der Waals surface area (Å²) in [4.78, 5) is 30.5. The van der Waals surface area contributed by atoms with Crippen LogP contribution in [0.1, 0.15) is 56.8 Å². The van der Waals surface area contributed by atoms with Crippen LogP contribution in [-0.4, -0.2) is 23.3 Å². The Balaban J connectivity index is 1.60. The number of carbonyl (C=O) groups is 2. The summed E-state index contributed by atoms with van der Waals surface area (Å²) in [5.74, 6) is 0.363. The van der Waals surface area contributed by atoms with Crippen LogP contribution in [-0.2, 0) is 12.8 Å².